The summed E-state index contributed by atoms with van der Waals surface area (Å²) < 4.78 is 10.9. The Bertz CT molecular complexity index is 777. The molecule has 0 aromatic heterocycles. The van der Waals surface area contributed by atoms with Crippen LogP contribution in [-0.4, -0.2) is 39.2 Å². The highest BCUT2D eigenvalue weighted by Crippen LogP contribution is 2.20. The first-order valence-electron chi connectivity index (χ1n) is 8.73. The van der Waals surface area contributed by atoms with Gasteiger partial charge in [0.2, 0.25) is 0 Å². The third-order valence-corrected chi connectivity index (χ3v) is 4.51. The lowest BCUT2D eigenvalue weighted by Crippen LogP contribution is -3.12. The van der Waals surface area contributed by atoms with Gasteiger partial charge in [-0.25, -0.2) is 0 Å². The number of ether oxygens (including phenoxy) is 2. The second-order valence-electron chi connectivity index (χ2n) is 6.33. The van der Waals surface area contributed by atoms with Gasteiger partial charge in [-0.3, -0.25) is 4.79 Å². The predicted molar refractivity (Wildman–Crippen MR) is 97.5 cm³/mol. The summed E-state index contributed by atoms with van der Waals surface area (Å²) >= 11 is 0. The molecule has 0 radical (unpaired) electrons. The lowest BCUT2D eigenvalue weighted by Gasteiger charge is -2.24. The molecule has 0 aliphatic carbocycles. The van der Waals surface area contributed by atoms with E-state index in [1.54, 1.807) is 25.3 Å². The number of allylic oxidation sites excluding steroid dienone is 1. The summed E-state index contributed by atoms with van der Waals surface area (Å²) in [6.07, 6.45) is 3.33. The number of benzene rings is 2. The van der Waals surface area contributed by atoms with Gasteiger partial charge in [0, 0.05) is 11.1 Å². The minimum absolute atomic E-state index is 0.101. The number of rotatable bonds is 6. The van der Waals surface area contributed by atoms with Gasteiger partial charge < -0.3 is 19.5 Å². The van der Waals surface area contributed by atoms with Crippen LogP contribution in [0.2, 0.25) is 0 Å². The molecule has 2 aromatic rings. The Balaban J connectivity index is 1.73. The van der Waals surface area contributed by atoms with Crippen molar-refractivity contribution < 1.29 is 24.3 Å². The predicted octanol–water partition coefficient (Wildman–Crippen LogP) is 1.08. The molecular formula is C21H23NO4. The second kappa shape index (κ2) is 8.65. The summed E-state index contributed by atoms with van der Waals surface area (Å²) in [5, 5.41) is 11.1. The summed E-state index contributed by atoms with van der Waals surface area (Å²) in [5.74, 6) is 0.635. The highest BCUT2D eigenvalue weighted by molar-refractivity contribution is 6.06. The smallest absolute Gasteiger partial charge is 0.185 e. The Labute approximate surface area is 153 Å². The van der Waals surface area contributed by atoms with Crippen molar-refractivity contribution in [3.63, 3.8) is 0 Å². The van der Waals surface area contributed by atoms with E-state index in [9.17, 15) is 9.90 Å². The minimum atomic E-state index is -0.124. The van der Waals surface area contributed by atoms with E-state index in [1.165, 1.54) is 23.1 Å². The Morgan fingerprint density at radius 1 is 1.19 bits per heavy atom. The maximum atomic E-state index is 12.2. The largest absolute Gasteiger partial charge is 0.872 e. The van der Waals surface area contributed by atoms with Crippen LogP contribution in [0.3, 0.4) is 0 Å². The van der Waals surface area contributed by atoms with Crippen molar-refractivity contribution in [2.75, 3.05) is 33.4 Å². The van der Waals surface area contributed by atoms with Gasteiger partial charge >= 0.3 is 0 Å². The normalized spacial score (nSPS) is 15.3. The number of hydrogen-bond donors (Lipinski definition) is 1. The Morgan fingerprint density at radius 3 is 2.62 bits per heavy atom. The molecular weight excluding hydrogens is 330 g/mol. The van der Waals surface area contributed by atoms with Gasteiger partial charge in [0.1, 0.15) is 25.4 Å². The number of carbonyl (C=O) groups excluding carboxylic acids is 1. The van der Waals surface area contributed by atoms with Crippen molar-refractivity contribution in [2.24, 2.45) is 0 Å². The van der Waals surface area contributed by atoms with Crippen molar-refractivity contribution in [3.8, 4) is 11.5 Å². The number of ketones is 1. The fourth-order valence-electron chi connectivity index (χ4n) is 3.03. The van der Waals surface area contributed by atoms with Gasteiger partial charge in [-0.1, -0.05) is 36.4 Å². The summed E-state index contributed by atoms with van der Waals surface area (Å²) in [6.45, 7) is 4.41. The number of morpholine rings is 1. The molecule has 5 nitrogen and oxygen atoms in total. The highest BCUT2D eigenvalue weighted by Gasteiger charge is 2.16. The fraction of sp³-hybridized carbons (Fsp3) is 0.286. The van der Waals surface area contributed by atoms with Crippen LogP contribution < -0.4 is 14.7 Å². The monoisotopic (exact) mass is 353 g/mol. The third-order valence-electron chi connectivity index (χ3n) is 4.51. The molecule has 0 spiro atoms. The molecule has 1 N–H and O–H groups in total. The molecule has 0 amide bonds. The summed E-state index contributed by atoms with van der Waals surface area (Å²) in [7, 11) is 1.67. The van der Waals surface area contributed by atoms with Crippen molar-refractivity contribution in [2.45, 2.75) is 6.54 Å². The number of carbonyl (C=O) groups is 1. The summed E-state index contributed by atoms with van der Waals surface area (Å²) in [6, 6.07) is 11.8. The van der Waals surface area contributed by atoms with Crippen LogP contribution in [-0.2, 0) is 11.3 Å². The van der Waals surface area contributed by atoms with Crippen LogP contribution in [0.25, 0.3) is 6.08 Å². The summed E-state index contributed by atoms with van der Waals surface area (Å²) in [5.41, 5.74) is 2.57. The number of quaternary nitrogens is 1. The molecule has 26 heavy (non-hydrogen) atoms. The van der Waals surface area contributed by atoms with Crippen LogP contribution in [0.5, 0.6) is 11.5 Å². The molecule has 1 heterocycles. The first-order chi connectivity index (χ1) is 12.7. The van der Waals surface area contributed by atoms with E-state index in [1.807, 2.05) is 12.1 Å². The van der Waals surface area contributed by atoms with Gasteiger partial charge in [0.25, 0.3) is 0 Å². The molecule has 0 bridgehead atoms. The number of hydrogen-bond acceptors (Lipinski definition) is 4. The van der Waals surface area contributed by atoms with E-state index in [0.29, 0.717) is 5.56 Å². The zero-order chi connectivity index (χ0) is 18.4. The number of nitrogens with one attached hydrogen (secondary N) is 1. The van der Waals surface area contributed by atoms with Crippen LogP contribution in [0.4, 0.5) is 0 Å². The standard InChI is InChI=1S/C21H23NO4/c1-25-21-9-3-16(14-18(21)15-22-10-12-26-13-11-22)2-8-20(24)17-4-6-19(23)7-5-17/h2-9,14,23H,10-13,15H2,1H3/b8-2+. The fourth-order valence-corrected chi connectivity index (χ4v) is 3.03. The molecule has 3 rings (SSSR count). The average molecular weight is 353 g/mol. The maximum absolute atomic E-state index is 12.2. The van der Waals surface area contributed by atoms with Gasteiger partial charge in [-0.15, -0.1) is 5.75 Å². The van der Waals surface area contributed by atoms with Crippen molar-refractivity contribution >= 4 is 11.9 Å². The van der Waals surface area contributed by atoms with E-state index in [-0.39, 0.29) is 11.5 Å². The van der Waals surface area contributed by atoms with Crippen molar-refractivity contribution in [1.29, 1.82) is 0 Å². The average Bonchev–Trinajstić information content (AvgIpc) is 2.67. The molecule has 136 valence electrons. The maximum Gasteiger partial charge on any atom is 0.185 e. The zero-order valence-corrected chi connectivity index (χ0v) is 14.9. The first kappa shape index (κ1) is 18.2. The SMILES string of the molecule is COc1ccc(/C=C/C(=O)c2ccc([O-])cc2)cc1C[NH+]1CCOCC1. The number of methoxy groups -OCH3 is 1. The molecule has 1 saturated heterocycles. The second-order valence-corrected chi connectivity index (χ2v) is 6.33. The minimum Gasteiger partial charge on any atom is -0.872 e. The lowest BCUT2D eigenvalue weighted by molar-refractivity contribution is -0.921. The Kier molecular flexibility index (Phi) is 6.04. The van der Waals surface area contributed by atoms with Crippen LogP contribution in [0.15, 0.2) is 48.5 Å². The van der Waals surface area contributed by atoms with Gasteiger partial charge in [0.05, 0.1) is 20.3 Å². The van der Waals surface area contributed by atoms with E-state index in [2.05, 4.69) is 6.07 Å². The van der Waals surface area contributed by atoms with Gasteiger partial charge in [-0.05, 0) is 23.8 Å². The Morgan fingerprint density at radius 2 is 1.92 bits per heavy atom. The van der Waals surface area contributed by atoms with E-state index >= 15 is 0 Å². The Hall–Kier alpha value is -2.63. The third kappa shape index (κ3) is 4.71. The molecule has 0 saturated carbocycles. The lowest BCUT2D eigenvalue weighted by atomic mass is 10.1. The van der Waals surface area contributed by atoms with Gasteiger partial charge in [0.15, 0.2) is 5.78 Å². The molecule has 2 aromatic carbocycles. The first-order valence-corrected chi connectivity index (χ1v) is 8.73. The van der Waals surface area contributed by atoms with Crippen LogP contribution >= 0.6 is 0 Å². The quantitative estimate of drug-likeness (QED) is 0.624. The molecule has 0 unspecified atom stereocenters. The molecule has 1 aliphatic rings. The van der Waals surface area contributed by atoms with Crippen molar-refractivity contribution in [3.05, 3.63) is 65.2 Å². The topological polar surface area (TPSA) is 63.0 Å². The molecule has 0 atom stereocenters. The van der Waals surface area contributed by atoms with Crippen LogP contribution in [0.1, 0.15) is 21.5 Å². The van der Waals surface area contributed by atoms with Crippen molar-refractivity contribution in [1.82, 2.24) is 0 Å². The van der Waals surface area contributed by atoms with Gasteiger partial charge in [-0.2, -0.15) is 0 Å². The zero-order valence-electron chi connectivity index (χ0n) is 14.9. The van der Waals surface area contributed by atoms with E-state index in [4.69, 9.17) is 9.47 Å². The molecule has 1 fully saturated rings. The molecule has 1 aliphatic heterocycles. The van der Waals surface area contributed by atoms with E-state index < -0.39 is 0 Å². The summed E-state index contributed by atoms with van der Waals surface area (Å²) in [4.78, 5) is 13.7. The van der Waals surface area contributed by atoms with Crippen LogP contribution in [0, 0.1) is 0 Å². The van der Waals surface area contributed by atoms with E-state index in [0.717, 1.165) is 49.7 Å². The highest BCUT2D eigenvalue weighted by atomic mass is 16.5. The molecule has 5 heteroatoms.